The van der Waals surface area contributed by atoms with E-state index in [0.717, 1.165) is 5.56 Å². The molecule has 0 saturated heterocycles. The second-order valence-electron chi connectivity index (χ2n) is 4.63. The summed E-state index contributed by atoms with van der Waals surface area (Å²) in [5.74, 6) is 0.394. The topological polar surface area (TPSA) is 82.6 Å². The van der Waals surface area contributed by atoms with Gasteiger partial charge in [-0.2, -0.15) is 0 Å². The summed E-state index contributed by atoms with van der Waals surface area (Å²) in [5, 5.41) is 6.13. The van der Waals surface area contributed by atoms with Gasteiger partial charge in [-0.05, 0) is 31.0 Å². The number of hydrogen-bond acceptors (Lipinski definition) is 3. The van der Waals surface area contributed by atoms with Crippen molar-refractivity contribution in [2.24, 2.45) is 4.99 Å². The largest absolute Gasteiger partial charge is 0.356 e. The molecule has 0 spiro atoms. The SMILES string of the molecule is CCS(=O)(=O)NCCCNC(=NC)NCc1cccc(F)c1. The molecule has 22 heavy (non-hydrogen) atoms. The predicted molar refractivity (Wildman–Crippen MR) is 86.7 cm³/mol. The highest BCUT2D eigenvalue weighted by Gasteiger charge is 2.04. The summed E-state index contributed by atoms with van der Waals surface area (Å²) < 4.78 is 38.0. The van der Waals surface area contributed by atoms with Crippen molar-refractivity contribution in [3.63, 3.8) is 0 Å². The van der Waals surface area contributed by atoms with E-state index in [1.54, 1.807) is 20.0 Å². The van der Waals surface area contributed by atoms with Gasteiger partial charge in [0.15, 0.2) is 5.96 Å². The van der Waals surface area contributed by atoms with Crippen molar-refractivity contribution in [1.82, 2.24) is 15.4 Å². The molecule has 8 heteroatoms. The van der Waals surface area contributed by atoms with Gasteiger partial charge in [-0.25, -0.2) is 17.5 Å². The Kier molecular flexibility index (Phi) is 7.83. The number of guanidine groups is 1. The quantitative estimate of drug-likeness (QED) is 0.374. The third-order valence-corrected chi connectivity index (χ3v) is 4.32. The molecule has 0 aliphatic rings. The first-order valence-corrected chi connectivity index (χ1v) is 8.78. The van der Waals surface area contributed by atoms with E-state index in [2.05, 4.69) is 20.3 Å². The Labute approximate surface area is 131 Å². The minimum Gasteiger partial charge on any atom is -0.356 e. The van der Waals surface area contributed by atoms with Gasteiger partial charge in [0.25, 0.3) is 0 Å². The molecule has 0 aliphatic heterocycles. The van der Waals surface area contributed by atoms with Crippen molar-refractivity contribution in [2.45, 2.75) is 19.9 Å². The van der Waals surface area contributed by atoms with E-state index >= 15 is 0 Å². The summed E-state index contributed by atoms with van der Waals surface area (Å²) >= 11 is 0. The van der Waals surface area contributed by atoms with Crippen LogP contribution >= 0.6 is 0 Å². The standard InChI is InChI=1S/C14H23FN4O2S/c1-3-22(20,21)19-9-5-8-17-14(16-2)18-11-12-6-4-7-13(15)10-12/h4,6-7,10,19H,3,5,8-9,11H2,1-2H3,(H2,16,17,18). The van der Waals surface area contributed by atoms with E-state index in [9.17, 15) is 12.8 Å². The zero-order chi connectivity index (χ0) is 16.4. The van der Waals surface area contributed by atoms with E-state index < -0.39 is 10.0 Å². The number of nitrogens with one attached hydrogen (secondary N) is 3. The maximum absolute atomic E-state index is 13.1. The summed E-state index contributed by atoms with van der Waals surface area (Å²) in [6.45, 7) is 3.01. The number of halogens is 1. The van der Waals surface area contributed by atoms with E-state index in [4.69, 9.17) is 0 Å². The predicted octanol–water partition coefficient (Wildman–Crippen LogP) is 0.820. The lowest BCUT2D eigenvalue weighted by Gasteiger charge is -2.12. The Hall–Kier alpha value is -1.67. The number of hydrogen-bond donors (Lipinski definition) is 3. The average Bonchev–Trinajstić information content (AvgIpc) is 2.50. The van der Waals surface area contributed by atoms with Gasteiger partial charge in [0.1, 0.15) is 5.82 Å². The molecular weight excluding hydrogens is 307 g/mol. The first-order chi connectivity index (χ1) is 10.5. The van der Waals surface area contributed by atoms with Crippen LogP contribution in [0.1, 0.15) is 18.9 Å². The lowest BCUT2D eigenvalue weighted by atomic mass is 10.2. The second-order valence-corrected chi connectivity index (χ2v) is 6.73. The zero-order valence-electron chi connectivity index (χ0n) is 12.9. The van der Waals surface area contributed by atoms with Gasteiger partial charge in [-0.3, -0.25) is 4.99 Å². The highest BCUT2D eigenvalue weighted by Crippen LogP contribution is 2.02. The number of aliphatic imine (C=N–C) groups is 1. The van der Waals surface area contributed by atoms with Crippen LogP contribution in [0.4, 0.5) is 4.39 Å². The summed E-state index contributed by atoms with van der Waals surface area (Å²) in [5.41, 5.74) is 0.818. The molecule has 0 bridgehead atoms. The third kappa shape index (κ3) is 7.37. The first kappa shape index (κ1) is 18.4. The van der Waals surface area contributed by atoms with Gasteiger partial charge in [0.05, 0.1) is 5.75 Å². The minimum atomic E-state index is -3.14. The van der Waals surface area contributed by atoms with E-state index in [1.807, 2.05) is 6.07 Å². The molecule has 0 radical (unpaired) electrons. The Morgan fingerprint density at radius 3 is 2.68 bits per heavy atom. The van der Waals surface area contributed by atoms with Crippen molar-refractivity contribution in [2.75, 3.05) is 25.9 Å². The summed E-state index contributed by atoms with van der Waals surface area (Å²) in [4.78, 5) is 4.05. The summed E-state index contributed by atoms with van der Waals surface area (Å²) in [7, 11) is -1.50. The van der Waals surface area contributed by atoms with Crippen LogP contribution in [0.5, 0.6) is 0 Å². The van der Waals surface area contributed by atoms with E-state index in [0.29, 0.717) is 32.0 Å². The van der Waals surface area contributed by atoms with Crippen LogP contribution in [0.3, 0.4) is 0 Å². The van der Waals surface area contributed by atoms with Crippen molar-refractivity contribution < 1.29 is 12.8 Å². The van der Waals surface area contributed by atoms with Crippen LogP contribution in [-0.4, -0.2) is 40.3 Å². The molecule has 1 aromatic rings. The molecule has 6 nitrogen and oxygen atoms in total. The fourth-order valence-electron chi connectivity index (χ4n) is 1.68. The normalized spacial score (nSPS) is 12.2. The van der Waals surface area contributed by atoms with E-state index in [-0.39, 0.29) is 11.6 Å². The van der Waals surface area contributed by atoms with Crippen LogP contribution in [0, 0.1) is 5.82 Å². The highest BCUT2D eigenvalue weighted by atomic mass is 32.2. The summed E-state index contributed by atoms with van der Waals surface area (Å²) in [6.07, 6.45) is 0.639. The highest BCUT2D eigenvalue weighted by molar-refractivity contribution is 7.89. The molecule has 0 aliphatic carbocycles. The van der Waals surface area contributed by atoms with Gasteiger partial charge >= 0.3 is 0 Å². The maximum Gasteiger partial charge on any atom is 0.211 e. The van der Waals surface area contributed by atoms with Gasteiger partial charge in [-0.1, -0.05) is 12.1 Å². The average molecular weight is 330 g/mol. The van der Waals surface area contributed by atoms with E-state index in [1.165, 1.54) is 12.1 Å². The van der Waals surface area contributed by atoms with Gasteiger partial charge in [0.2, 0.25) is 10.0 Å². The summed E-state index contributed by atoms with van der Waals surface area (Å²) in [6, 6.07) is 6.33. The number of benzene rings is 1. The smallest absolute Gasteiger partial charge is 0.211 e. The Balaban J connectivity index is 2.26. The van der Waals surface area contributed by atoms with Gasteiger partial charge in [0, 0.05) is 26.7 Å². The van der Waals surface area contributed by atoms with Crippen molar-refractivity contribution in [3.05, 3.63) is 35.6 Å². The second kappa shape index (κ2) is 9.37. The molecule has 0 amide bonds. The molecule has 0 atom stereocenters. The van der Waals surface area contributed by atoms with Crippen molar-refractivity contribution in [3.8, 4) is 0 Å². The van der Waals surface area contributed by atoms with Crippen LogP contribution < -0.4 is 15.4 Å². The maximum atomic E-state index is 13.1. The number of rotatable bonds is 8. The molecule has 1 rings (SSSR count). The Morgan fingerprint density at radius 1 is 1.27 bits per heavy atom. The molecule has 0 fully saturated rings. The van der Waals surface area contributed by atoms with Gasteiger partial charge < -0.3 is 10.6 Å². The Morgan fingerprint density at radius 2 is 2.05 bits per heavy atom. The van der Waals surface area contributed by atoms with Crippen molar-refractivity contribution in [1.29, 1.82) is 0 Å². The number of sulfonamides is 1. The van der Waals surface area contributed by atoms with Crippen LogP contribution in [0.25, 0.3) is 0 Å². The molecular formula is C14H23FN4O2S. The molecule has 0 saturated carbocycles. The molecule has 124 valence electrons. The molecule has 1 aromatic carbocycles. The zero-order valence-corrected chi connectivity index (χ0v) is 13.7. The molecule has 3 N–H and O–H groups in total. The monoisotopic (exact) mass is 330 g/mol. The van der Waals surface area contributed by atoms with Crippen LogP contribution in [0.2, 0.25) is 0 Å². The molecule has 0 heterocycles. The minimum absolute atomic E-state index is 0.0806. The Bertz CT molecular complexity index is 590. The number of nitrogens with zero attached hydrogens (tertiary/aromatic N) is 1. The van der Waals surface area contributed by atoms with Crippen molar-refractivity contribution >= 4 is 16.0 Å². The third-order valence-electron chi connectivity index (χ3n) is 2.92. The fraction of sp³-hybridized carbons (Fsp3) is 0.500. The van der Waals surface area contributed by atoms with Crippen LogP contribution in [-0.2, 0) is 16.6 Å². The molecule has 0 aromatic heterocycles. The lowest BCUT2D eigenvalue weighted by Crippen LogP contribution is -2.38. The first-order valence-electron chi connectivity index (χ1n) is 7.13. The van der Waals surface area contributed by atoms with Gasteiger partial charge in [-0.15, -0.1) is 0 Å². The molecule has 0 unspecified atom stereocenters. The van der Waals surface area contributed by atoms with Crippen LogP contribution in [0.15, 0.2) is 29.3 Å². The fourth-order valence-corrected chi connectivity index (χ4v) is 2.34. The lowest BCUT2D eigenvalue weighted by molar-refractivity contribution is 0.579.